The number of hydrogen-bond acceptors (Lipinski definition) is 6. The van der Waals surface area contributed by atoms with Gasteiger partial charge < -0.3 is 4.57 Å². The lowest BCUT2D eigenvalue weighted by Crippen LogP contribution is -2.37. The molecule has 0 radical (unpaired) electrons. The van der Waals surface area contributed by atoms with Gasteiger partial charge in [0, 0.05) is 26.2 Å². The molecule has 1 N–H and O–H groups in total. The normalized spacial score (nSPS) is 11.8. The Balaban J connectivity index is 1.79. The molecule has 3 aromatic rings. The first-order valence-electron chi connectivity index (χ1n) is 8.76. The Hall–Kier alpha value is -3.05. The SMILES string of the molecule is Cn1c(=O)c2c(ncn2CC(=O)c2ccc(CCNS(C)(=O)=O)cc2)n(C)c1=O. The van der Waals surface area contributed by atoms with Gasteiger partial charge in [-0.25, -0.2) is 22.9 Å². The van der Waals surface area contributed by atoms with Gasteiger partial charge in [-0.2, -0.15) is 0 Å². The number of carbonyl (C=O) groups excluding carboxylic acids is 1. The van der Waals surface area contributed by atoms with E-state index in [1.165, 1.54) is 29.6 Å². The summed E-state index contributed by atoms with van der Waals surface area (Å²) in [7, 11) is -0.347. The van der Waals surface area contributed by atoms with Crippen molar-refractivity contribution in [1.82, 2.24) is 23.4 Å². The minimum Gasteiger partial charge on any atom is -0.317 e. The zero-order valence-electron chi connectivity index (χ0n) is 16.2. The number of aromatic nitrogens is 4. The number of carbonyl (C=O) groups is 1. The van der Waals surface area contributed by atoms with Crippen LogP contribution in [0.15, 0.2) is 40.2 Å². The molecule has 2 heterocycles. The zero-order valence-corrected chi connectivity index (χ0v) is 17.1. The number of rotatable bonds is 7. The van der Waals surface area contributed by atoms with E-state index in [1.54, 1.807) is 24.3 Å². The molecule has 0 unspecified atom stereocenters. The summed E-state index contributed by atoms with van der Waals surface area (Å²) < 4.78 is 28.3. The van der Waals surface area contributed by atoms with E-state index in [0.29, 0.717) is 12.0 Å². The molecule has 0 spiro atoms. The highest BCUT2D eigenvalue weighted by molar-refractivity contribution is 7.88. The van der Waals surface area contributed by atoms with Crippen molar-refractivity contribution in [2.24, 2.45) is 14.1 Å². The molecule has 10 nitrogen and oxygen atoms in total. The molecule has 29 heavy (non-hydrogen) atoms. The van der Waals surface area contributed by atoms with Gasteiger partial charge in [-0.15, -0.1) is 0 Å². The van der Waals surface area contributed by atoms with E-state index in [0.717, 1.165) is 16.4 Å². The minimum absolute atomic E-state index is 0.0983. The molecule has 0 amide bonds. The molecule has 0 bridgehead atoms. The van der Waals surface area contributed by atoms with Crippen LogP contribution in [-0.2, 0) is 37.1 Å². The van der Waals surface area contributed by atoms with Crippen molar-refractivity contribution < 1.29 is 13.2 Å². The van der Waals surface area contributed by atoms with Gasteiger partial charge in [0.05, 0.1) is 19.1 Å². The lowest BCUT2D eigenvalue weighted by molar-refractivity contribution is 0.0973. The van der Waals surface area contributed by atoms with Crippen molar-refractivity contribution in [1.29, 1.82) is 0 Å². The molecule has 11 heteroatoms. The number of aryl methyl sites for hydroxylation is 1. The molecular weight excluding hydrogens is 398 g/mol. The van der Waals surface area contributed by atoms with E-state index in [-0.39, 0.29) is 30.0 Å². The smallest absolute Gasteiger partial charge is 0.317 e. The molecule has 1 aromatic carbocycles. The van der Waals surface area contributed by atoms with Crippen LogP contribution in [0.1, 0.15) is 15.9 Å². The molecule has 154 valence electrons. The summed E-state index contributed by atoms with van der Waals surface area (Å²) in [6.45, 7) is 0.175. The molecule has 0 fully saturated rings. The summed E-state index contributed by atoms with van der Waals surface area (Å²) in [6.07, 6.45) is 2.96. The minimum atomic E-state index is -3.24. The van der Waals surface area contributed by atoms with Crippen LogP contribution < -0.4 is 16.0 Å². The topological polar surface area (TPSA) is 125 Å². The summed E-state index contributed by atoms with van der Waals surface area (Å²) in [6, 6.07) is 6.83. The highest BCUT2D eigenvalue weighted by atomic mass is 32.2. The number of fused-ring (bicyclic) bond motifs is 1. The molecule has 0 saturated carbocycles. The lowest BCUT2D eigenvalue weighted by atomic mass is 10.1. The van der Waals surface area contributed by atoms with Gasteiger partial charge in [0.15, 0.2) is 16.9 Å². The quantitative estimate of drug-likeness (QED) is 0.510. The van der Waals surface area contributed by atoms with Crippen LogP contribution in [0.25, 0.3) is 11.2 Å². The van der Waals surface area contributed by atoms with E-state index in [1.807, 2.05) is 0 Å². The summed E-state index contributed by atoms with van der Waals surface area (Å²) in [4.78, 5) is 41.2. The van der Waals surface area contributed by atoms with Crippen LogP contribution in [0.3, 0.4) is 0 Å². The molecule has 0 atom stereocenters. The Bertz CT molecular complexity index is 1300. The van der Waals surface area contributed by atoms with Gasteiger partial charge in [-0.3, -0.25) is 18.7 Å². The van der Waals surface area contributed by atoms with Gasteiger partial charge in [0.2, 0.25) is 10.0 Å². The van der Waals surface area contributed by atoms with Gasteiger partial charge in [0.1, 0.15) is 0 Å². The number of sulfonamides is 1. The number of ketones is 1. The van der Waals surface area contributed by atoms with Crippen LogP contribution in [0.5, 0.6) is 0 Å². The van der Waals surface area contributed by atoms with E-state index < -0.39 is 21.3 Å². The van der Waals surface area contributed by atoms with Crippen LogP contribution in [0.4, 0.5) is 0 Å². The van der Waals surface area contributed by atoms with Crippen LogP contribution in [0, 0.1) is 0 Å². The third-order valence-electron chi connectivity index (χ3n) is 4.58. The first kappa shape index (κ1) is 20.7. The van der Waals surface area contributed by atoms with E-state index in [9.17, 15) is 22.8 Å². The maximum Gasteiger partial charge on any atom is 0.332 e. The predicted octanol–water partition coefficient (Wildman–Crippen LogP) is -0.592. The Morgan fingerprint density at radius 1 is 1.10 bits per heavy atom. The number of benzene rings is 1. The number of nitrogens with one attached hydrogen (secondary N) is 1. The molecular formula is C18H21N5O5S. The largest absolute Gasteiger partial charge is 0.332 e. The standard InChI is InChI=1S/C18H21N5O5S/c1-21-16-15(17(25)22(2)18(21)26)23(11-19-16)10-14(24)13-6-4-12(5-7-13)8-9-20-29(3,27)28/h4-7,11,20H,8-10H2,1-3H3. The van der Waals surface area contributed by atoms with Crippen LogP contribution in [0.2, 0.25) is 0 Å². The second kappa shape index (κ2) is 7.76. The Morgan fingerprint density at radius 3 is 2.38 bits per heavy atom. The van der Waals surface area contributed by atoms with Crippen molar-refractivity contribution in [3.63, 3.8) is 0 Å². The zero-order chi connectivity index (χ0) is 21.3. The number of hydrogen-bond donors (Lipinski definition) is 1. The van der Waals surface area contributed by atoms with Crippen molar-refractivity contribution >= 4 is 27.0 Å². The van der Waals surface area contributed by atoms with Gasteiger partial charge in [-0.1, -0.05) is 24.3 Å². The first-order chi connectivity index (χ1) is 13.6. The van der Waals surface area contributed by atoms with E-state index in [2.05, 4.69) is 9.71 Å². The molecule has 2 aromatic heterocycles. The predicted molar refractivity (Wildman–Crippen MR) is 108 cm³/mol. The molecule has 3 rings (SSSR count). The highest BCUT2D eigenvalue weighted by Gasteiger charge is 2.16. The third-order valence-corrected chi connectivity index (χ3v) is 5.31. The van der Waals surface area contributed by atoms with E-state index >= 15 is 0 Å². The van der Waals surface area contributed by atoms with Crippen molar-refractivity contribution in [3.05, 3.63) is 62.6 Å². The first-order valence-corrected chi connectivity index (χ1v) is 10.7. The third kappa shape index (κ3) is 4.35. The Labute approximate surface area is 166 Å². The average Bonchev–Trinajstić information content (AvgIpc) is 3.08. The fraction of sp³-hybridized carbons (Fsp3) is 0.333. The number of imidazole rings is 1. The fourth-order valence-electron chi connectivity index (χ4n) is 3.00. The second-order valence-corrected chi connectivity index (χ2v) is 8.62. The monoisotopic (exact) mass is 419 g/mol. The van der Waals surface area contributed by atoms with E-state index in [4.69, 9.17) is 0 Å². The Morgan fingerprint density at radius 2 is 1.76 bits per heavy atom. The molecule has 0 aliphatic heterocycles. The van der Waals surface area contributed by atoms with Crippen molar-refractivity contribution in [2.45, 2.75) is 13.0 Å². The van der Waals surface area contributed by atoms with Crippen LogP contribution in [-0.4, -0.2) is 45.7 Å². The second-order valence-electron chi connectivity index (χ2n) is 6.79. The van der Waals surface area contributed by atoms with Crippen molar-refractivity contribution in [2.75, 3.05) is 12.8 Å². The van der Waals surface area contributed by atoms with Crippen molar-refractivity contribution in [3.8, 4) is 0 Å². The summed E-state index contributed by atoms with van der Waals surface area (Å²) >= 11 is 0. The maximum absolute atomic E-state index is 12.6. The average molecular weight is 419 g/mol. The van der Waals surface area contributed by atoms with Gasteiger partial charge in [-0.05, 0) is 12.0 Å². The summed E-state index contributed by atoms with van der Waals surface area (Å²) in [5.74, 6) is -0.221. The number of nitrogens with zero attached hydrogens (tertiary/aromatic N) is 4. The van der Waals surface area contributed by atoms with Crippen LogP contribution >= 0.6 is 0 Å². The fourth-order valence-corrected chi connectivity index (χ4v) is 3.47. The van der Waals surface area contributed by atoms with Gasteiger partial charge >= 0.3 is 5.69 Å². The maximum atomic E-state index is 12.6. The molecule has 0 aliphatic rings. The Kier molecular flexibility index (Phi) is 5.53. The summed E-state index contributed by atoms with van der Waals surface area (Å²) in [5.41, 5.74) is 0.746. The van der Waals surface area contributed by atoms with Gasteiger partial charge in [0.25, 0.3) is 5.56 Å². The summed E-state index contributed by atoms with van der Waals surface area (Å²) in [5, 5.41) is 0. The molecule has 0 aliphatic carbocycles. The highest BCUT2D eigenvalue weighted by Crippen LogP contribution is 2.10. The number of Topliss-reactive ketones (excluding diaryl/α,β-unsaturated/α-hetero) is 1. The lowest BCUT2D eigenvalue weighted by Gasteiger charge is -2.07. The molecule has 0 saturated heterocycles.